The van der Waals surface area contributed by atoms with Crippen LogP contribution in [0.1, 0.15) is 23.3 Å². The summed E-state index contributed by atoms with van der Waals surface area (Å²) in [5.74, 6) is 1.93. The second kappa shape index (κ2) is 7.50. The number of rotatable bonds is 5. The molecule has 8 heteroatoms. The Balaban J connectivity index is 1.52. The first kappa shape index (κ1) is 17.2. The lowest BCUT2D eigenvalue weighted by atomic mass is 9.96. The molecule has 134 valence electrons. The molecule has 1 fully saturated rings. The molecule has 2 aromatic rings. The molecule has 0 unspecified atom stereocenters. The zero-order valence-electron chi connectivity index (χ0n) is 14.9. The monoisotopic (exact) mass is 344 g/mol. The molecule has 3 heterocycles. The highest BCUT2D eigenvalue weighted by atomic mass is 16.5. The van der Waals surface area contributed by atoms with Crippen molar-refractivity contribution in [1.82, 2.24) is 24.4 Å². The highest BCUT2D eigenvalue weighted by Crippen LogP contribution is 2.24. The van der Waals surface area contributed by atoms with E-state index in [-0.39, 0.29) is 5.91 Å². The van der Waals surface area contributed by atoms with Gasteiger partial charge in [0.15, 0.2) is 0 Å². The summed E-state index contributed by atoms with van der Waals surface area (Å²) >= 11 is 0. The van der Waals surface area contributed by atoms with E-state index in [0.29, 0.717) is 17.5 Å². The van der Waals surface area contributed by atoms with Gasteiger partial charge in [-0.1, -0.05) is 0 Å². The number of aryl methyl sites for hydroxylation is 1. The first-order valence-corrected chi connectivity index (χ1v) is 8.41. The molecule has 0 radical (unpaired) electrons. The lowest BCUT2D eigenvalue weighted by molar-refractivity contribution is 0.0759. The predicted octanol–water partition coefficient (Wildman–Crippen LogP) is 1.21. The van der Waals surface area contributed by atoms with Crippen molar-refractivity contribution in [2.45, 2.75) is 12.8 Å². The molecule has 0 saturated carbocycles. The zero-order valence-corrected chi connectivity index (χ0v) is 14.9. The molecule has 8 nitrogen and oxygen atoms in total. The Morgan fingerprint density at radius 1 is 1.32 bits per heavy atom. The summed E-state index contributed by atoms with van der Waals surface area (Å²) < 4.78 is 6.95. The van der Waals surface area contributed by atoms with Crippen LogP contribution in [0.4, 0.5) is 5.82 Å². The van der Waals surface area contributed by atoms with Crippen molar-refractivity contribution < 1.29 is 9.53 Å². The summed E-state index contributed by atoms with van der Waals surface area (Å²) in [5, 5.41) is 0. The van der Waals surface area contributed by atoms with Crippen LogP contribution >= 0.6 is 0 Å². The van der Waals surface area contributed by atoms with Gasteiger partial charge in [-0.05, 0) is 18.8 Å². The summed E-state index contributed by atoms with van der Waals surface area (Å²) in [5.41, 5.74) is 0.496. The fourth-order valence-corrected chi connectivity index (χ4v) is 3.15. The van der Waals surface area contributed by atoms with Crippen LogP contribution in [0.3, 0.4) is 0 Å². The third-order valence-electron chi connectivity index (χ3n) is 4.58. The summed E-state index contributed by atoms with van der Waals surface area (Å²) in [4.78, 5) is 28.9. The molecule has 0 atom stereocenters. The molecular formula is C17H24N6O2. The molecule has 25 heavy (non-hydrogen) atoms. The van der Waals surface area contributed by atoms with Crippen LogP contribution in [0.25, 0.3) is 0 Å². The molecule has 1 saturated heterocycles. The van der Waals surface area contributed by atoms with Gasteiger partial charge in [0.1, 0.15) is 17.8 Å². The summed E-state index contributed by atoms with van der Waals surface area (Å²) in [6.45, 7) is 2.57. The third kappa shape index (κ3) is 4.07. The Hall–Kier alpha value is -2.64. The fraction of sp³-hybridized carbons (Fsp3) is 0.529. The van der Waals surface area contributed by atoms with Crippen molar-refractivity contribution in [3.05, 3.63) is 30.6 Å². The number of carbonyl (C=O) groups excluding carboxylic acids is 1. The van der Waals surface area contributed by atoms with E-state index in [2.05, 4.69) is 19.9 Å². The Kier molecular flexibility index (Phi) is 5.16. The lowest BCUT2D eigenvalue weighted by Gasteiger charge is -2.34. The van der Waals surface area contributed by atoms with Crippen molar-refractivity contribution in [3.63, 3.8) is 0 Å². The molecule has 0 N–H and O–H groups in total. The lowest BCUT2D eigenvalue weighted by Crippen LogP contribution is -2.39. The smallest absolute Gasteiger partial charge is 0.273 e. The molecule has 3 rings (SSSR count). The number of ether oxygens (including phenoxy) is 1. The average molecular weight is 344 g/mol. The number of carbonyl (C=O) groups is 1. The maximum absolute atomic E-state index is 12.4. The van der Waals surface area contributed by atoms with Crippen LogP contribution in [0.15, 0.2) is 24.9 Å². The molecule has 1 amide bonds. The van der Waals surface area contributed by atoms with Gasteiger partial charge in [0.2, 0.25) is 5.88 Å². The van der Waals surface area contributed by atoms with Gasteiger partial charge >= 0.3 is 0 Å². The van der Waals surface area contributed by atoms with Crippen LogP contribution in [0.2, 0.25) is 0 Å². The van der Waals surface area contributed by atoms with Gasteiger partial charge in [0.25, 0.3) is 5.91 Å². The van der Waals surface area contributed by atoms with E-state index in [0.717, 1.165) is 38.3 Å². The van der Waals surface area contributed by atoms with Gasteiger partial charge in [-0.3, -0.25) is 4.79 Å². The van der Waals surface area contributed by atoms with E-state index in [1.54, 1.807) is 29.1 Å². The Labute approximate surface area is 147 Å². The van der Waals surface area contributed by atoms with Crippen molar-refractivity contribution in [2.24, 2.45) is 13.0 Å². The number of hydrogen-bond donors (Lipinski definition) is 0. The number of nitrogens with zero attached hydrogens (tertiary/aromatic N) is 6. The van der Waals surface area contributed by atoms with Gasteiger partial charge in [-0.25, -0.2) is 15.0 Å². The second-order valence-corrected chi connectivity index (χ2v) is 6.46. The predicted molar refractivity (Wildman–Crippen MR) is 93.7 cm³/mol. The molecule has 0 aromatic carbocycles. The van der Waals surface area contributed by atoms with Crippen molar-refractivity contribution >= 4 is 11.7 Å². The van der Waals surface area contributed by atoms with Crippen LogP contribution in [0.5, 0.6) is 5.88 Å². The molecular weight excluding hydrogens is 320 g/mol. The number of piperidine rings is 1. The van der Waals surface area contributed by atoms with Crippen LogP contribution < -0.4 is 9.64 Å². The fourth-order valence-electron chi connectivity index (χ4n) is 3.15. The van der Waals surface area contributed by atoms with E-state index >= 15 is 0 Å². The van der Waals surface area contributed by atoms with Gasteiger partial charge in [-0.2, -0.15) is 0 Å². The van der Waals surface area contributed by atoms with Crippen LogP contribution in [-0.4, -0.2) is 64.1 Å². The second-order valence-electron chi connectivity index (χ2n) is 6.46. The minimum absolute atomic E-state index is 0.0245. The number of methoxy groups -OCH3 is 1. The Morgan fingerprint density at radius 3 is 2.72 bits per heavy atom. The highest BCUT2D eigenvalue weighted by Gasteiger charge is 2.24. The van der Waals surface area contributed by atoms with Gasteiger partial charge in [0.05, 0.1) is 13.4 Å². The molecule has 0 bridgehead atoms. The van der Waals surface area contributed by atoms with Crippen LogP contribution in [-0.2, 0) is 7.05 Å². The minimum atomic E-state index is -0.0245. The number of imidazole rings is 1. The topological polar surface area (TPSA) is 76.4 Å². The maximum Gasteiger partial charge on any atom is 0.273 e. The Bertz CT molecular complexity index is 723. The highest BCUT2D eigenvalue weighted by molar-refractivity contribution is 5.91. The molecule has 0 aliphatic carbocycles. The Morgan fingerprint density at radius 2 is 2.08 bits per heavy atom. The summed E-state index contributed by atoms with van der Waals surface area (Å²) in [6.07, 6.45) is 6.97. The van der Waals surface area contributed by atoms with Crippen molar-refractivity contribution in [1.29, 1.82) is 0 Å². The first-order chi connectivity index (χ1) is 12.1. The molecule has 2 aromatic heterocycles. The van der Waals surface area contributed by atoms with Gasteiger partial charge in [0, 0.05) is 46.0 Å². The summed E-state index contributed by atoms with van der Waals surface area (Å²) in [6, 6.07) is 1.86. The van der Waals surface area contributed by atoms with Crippen molar-refractivity contribution in [2.75, 3.05) is 38.7 Å². The van der Waals surface area contributed by atoms with Crippen molar-refractivity contribution in [3.8, 4) is 5.88 Å². The molecule has 0 spiro atoms. The van der Waals surface area contributed by atoms with Gasteiger partial charge < -0.3 is 19.1 Å². The zero-order chi connectivity index (χ0) is 17.8. The summed E-state index contributed by atoms with van der Waals surface area (Å²) in [7, 11) is 5.31. The largest absolute Gasteiger partial charge is 0.481 e. The standard InChI is InChI=1S/C17H24N6O2/c1-21-10-14(20-12-21)17(24)22(2)9-13-4-6-23(7-5-13)15-8-16(25-3)19-11-18-15/h8,10-13H,4-7,9H2,1-3H3. The first-order valence-electron chi connectivity index (χ1n) is 8.41. The number of aromatic nitrogens is 4. The van der Waals surface area contributed by atoms with E-state index in [1.165, 1.54) is 6.33 Å². The minimum Gasteiger partial charge on any atom is -0.481 e. The third-order valence-corrected chi connectivity index (χ3v) is 4.58. The number of anilines is 1. The number of amides is 1. The van der Waals surface area contributed by atoms with E-state index in [4.69, 9.17) is 4.74 Å². The SMILES string of the molecule is COc1cc(N2CCC(CN(C)C(=O)c3cn(C)cn3)CC2)ncn1. The quantitative estimate of drug-likeness (QED) is 0.811. The maximum atomic E-state index is 12.4. The average Bonchev–Trinajstić information content (AvgIpc) is 3.08. The normalized spacial score (nSPS) is 15.2. The van der Waals surface area contributed by atoms with E-state index in [1.807, 2.05) is 20.2 Å². The van der Waals surface area contributed by atoms with Crippen LogP contribution in [0, 0.1) is 5.92 Å². The van der Waals surface area contributed by atoms with E-state index in [9.17, 15) is 4.79 Å². The van der Waals surface area contributed by atoms with Gasteiger partial charge in [-0.15, -0.1) is 0 Å². The number of hydrogen-bond acceptors (Lipinski definition) is 6. The van der Waals surface area contributed by atoms with E-state index < -0.39 is 0 Å². The molecule has 1 aliphatic heterocycles. The molecule has 1 aliphatic rings.